The Hall–Kier alpha value is -0.820. The molecule has 0 heterocycles. The number of hydrogen-bond donors (Lipinski definition) is 0. The molecule has 0 fully saturated rings. The molecule has 0 saturated heterocycles. The van der Waals surface area contributed by atoms with E-state index in [0.29, 0.717) is 6.54 Å². The second kappa shape index (κ2) is 4.14. The van der Waals surface area contributed by atoms with E-state index in [2.05, 4.69) is 25.1 Å². The van der Waals surface area contributed by atoms with Gasteiger partial charge in [-0.15, -0.1) is 0 Å². The highest BCUT2D eigenvalue weighted by Crippen LogP contribution is 2.09. The molecule has 1 radical (unpaired) electrons. The maximum Gasteiger partial charge on any atom is 0.0140 e. The maximum absolute atomic E-state index is 7.11. The molecule has 1 aromatic rings. The van der Waals surface area contributed by atoms with Gasteiger partial charge in [-0.05, 0) is 24.0 Å². The Bertz CT molecular complexity index is 218. The number of hydrogen-bond acceptors (Lipinski definition) is 0. The summed E-state index contributed by atoms with van der Waals surface area (Å²) in [5.74, 6) is 0. The van der Waals surface area contributed by atoms with Crippen LogP contribution in [0.3, 0.4) is 0 Å². The molecule has 0 saturated carbocycles. The lowest BCUT2D eigenvalue weighted by Gasteiger charge is -2.04. The van der Waals surface area contributed by atoms with Gasteiger partial charge in [-0.25, -0.2) is 0 Å². The third-order valence-corrected chi connectivity index (χ3v) is 1.89. The van der Waals surface area contributed by atoms with Crippen molar-refractivity contribution in [2.24, 2.45) is 0 Å². The molecule has 1 N–H and O–H groups in total. The SMILES string of the molecule is CCc1ccccc1CC[NH]. The molecule has 0 amide bonds. The highest BCUT2D eigenvalue weighted by molar-refractivity contribution is 5.27. The average Bonchev–Trinajstić information content (AvgIpc) is 2.06. The van der Waals surface area contributed by atoms with Gasteiger partial charge in [-0.1, -0.05) is 31.2 Å². The van der Waals surface area contributed by atoms with E-state index in [1.165, 1.54) is 11.1 Å². The van der Waals surface area contributed by atoms with Crippen LogP contribution in [-0.2, 0) is 12.8 Å². The van der Waals surface area contributed by atoms with E-state index in [1.807, 2.05) is 6.07 Å². The lowest BCUT2D eigenvalue weighted by atomic mass is 10.0. The third kappa shape index (κ3) is 2.05. The Kier molecular flexibility index (Phi) is 3.12. The van der Waals surface area contributed by atoms with Crippen LogP contribution in [0.25, 0.3) is 0 Å². The highest BCUT2D eigenvalue weighted by atomic mass is 14.5. The molecule has 1 aromatic carbocycles. The van der Waals surface area contributed by atoms with Gasteiger partial charge < -0.3 is 0 Å². The average molecular weight is 148 g/mol. The summed E-state index contributed by atoms with van der Waals surface area (Å²) in [5.41, 5.74) is 9.84. The Labute approximate surface area is 68.2 Å². The van der Waals surface area contributed by atoms with Crippen molar-refractivity contribution in [2.45, 2.75) is 19.8 Å². The minimum absolute atomic E-state index is 0.497. The van der Waals surface area contributed by atoms with E-state index >= 15 is 0 Å². The summed E-state index contributed by atoms with van der Waals surface area (Å²) in [6.45, 7) is 2.65. The Morgan fingerprint density at radius 1 is 1.18 bits per heavy atom. The first-order valence-corrected chi connectivity index (χ1v) is 4.10. The van der Waals surface area contributed by atoms with E-state index in [1.54, 1.807) is 0 Å². The zero-order valence-corrected chi connectivity index (χ0v) is 6.93. The van der Waals surface area contributed by atoms with Crippen LogP contribution in [0.2, 0.25) is 0 Å². The van der Waals surface area contributed by atoms with E-state index < -0.39 is 0 Å². The topological polar surface area (TPSA) is 23.8 Å². The largest absolute Gasteiger partial charge is 0.258 e. The number of rotatable bonds is 3. The van der Waals surface area contributed by atoms with E-state index in [4.69, 9.17) is 5.73 Å². The summed E-state index contributed by atoms with van der Waals surface area (Å²) < 4.78 is 0. The second-order valence-corrected chi connectivity index (χ2v) is 2.62. The summed E-state index contributed by atoms with van der Waals surface area (Å²) in [7, 11) is 0. The first-order chi connectivity index (χ1) is 5.38. The van der Waals surface area contributed by atoms with Crippen molar-refractivity contribution in [3.63, 3.8) is 0 Å². The van der Waals surface area contributed by atoms with Crippen LogP contribution in [0.15, 0.2) is 24.3 Å². The van der Waals surface area contributed by atoms with Gasteiger partial charge in [0.05, 0.1) is 0 Å². The lowest BCUT2D eigenvalue weighted by molar-refractivity contribution is 0.918. The first kappa shape index (κ1) is 8.28. The Morgan fingerprint density at radius 3 is 2.36 bits per heavy atom. The van der Waals surface area contributed by atoms with Crippen molar-refractivity contribution in [1.82, 2.24) is 5.73 Å². The molecule has 0 aliphatic heterocycles. The lowest BCUT2D eigenvalue weighted by Crippen LogP contribution is -1.96. The van der Waals surface area contributed by atoms with E-state index in [-0.39, 0.29) is 0 Å². The van der Waals surface area contributed by atoms with E-state index in [9.17, 15) is 0 Å². The van der Waals surface area contributed by atoms with Crippen LogP contribution in [0, 0.1) is 0 Å². The fourth-order valence-corrected chi connectivity index (χ4v) is 1.28. The van der Waals surface area contributed by atoms with Crippen molar-refractivity contribution >= 4 is 0 Å². The third-order valence-electron chi connectivity index (χ3n) is 1.89. The van der Waals surface area contributed by atoms with Gasteiger partial charge in [-0.3, -0.25) is 5.73 Å². The molecule has 1 heteroatoms. The quantitative estimate of drug-likeness (QED) is 0.626. The summed E-state index contributed by atoms with van der Waals surface area (Å²) in [6, 6.07) is 8.37. The van der Waals surface area contributed by atoms with E-state index in [0.717, 1.165) is 12.8 Å². The monoisotopic (exact) mass is 148 g/mol. The summed E-state index contributed by atoms with van der Waals surface area (Å²) in [5, 5.41) is 0. The Morgan fingerprint density at radius 2 is 1.82 bits per heavy atom. The molecule has 0 aliphatic rings. The van der Waals surface area contributed by atoms with Crippen LogP contribution in [0.1, 0.15) is 18.1 Å². The highest BCUT2D eigenvalue weighted by Gasteiger charge is 1.96. The molecule has 0 unspecified atom stereocenters. The predicted octanol–water partition coefficient (Wildman–Crippen LogP) is 2.07. The molecular weight excluding hydrogens is 134 g/mol. The smallest absolute Gasteiger partial charge is 0.0140 e. The van der Waals surface area contributed by atoms with Crippen molar-refractivity contribution in [3.05, 3.63) is 35.4 Å². The fourth-order valence-electron chi connectivity index (χ4n) is 1.28. The van der Waals surface area contributed by atoms with Gasteiger partial charge in [0.1, 0.15) is 0 Å². The molecule has 1 rings (SSSR count). The summed E-state index contributed by atoms with van der Waals surface area (Å²) in [4.78, 5) is 0. The van der Waals surface area contributed by atoms with Crippen LogP contribution in [0.4, 0.5) is 0 Å². The number of nitrogens with one attached hydrogen (secondary N) is 1. The van der Waals surface area contributed by atoms with Crippen molar-refractivity contribution in [2.75, 3.05) is 6.54 Å². The van der Waals surface area contributed by atoms with Gasteiger partial charge >= 0.3 is 0 Å². The van der Waals surface area contributed by atoms with Gasteiger partial charge in [0, 0.05) is 6.54 Å². The first-order valence-electron chi connectivity index (χ1n) is 4.10. The minimum atomic E-state index is 0.497. The van der Waals surface area contributed by atoms with Gasteiger partial charge in [0.15, 0.2) is 0 Å². The second-order valence-electron chi connectivity index (χ2n) is 2.62. The maximum atomic E-state index is 7.11. The molecule has 11 heavy (non-hydrogen) atoms. The number of benzene rings is 1. The van der Waals surface area contributed by atoms with Crippen LogP contribution in [0.5, 0.6) is 0 Å². The van der Waals surface area contributed by atoms with Gasteiger partial charge in [0.2, 0.25) is 0 Å². The normalized spacial score (nSPS) is 10.0. The van der Waals surface area contributed by atoms with Crippen molar-refractivity contribution in [1.29, 1.82) is 0 Å². The standard InChI is InChI=1S/C10H14N/c1-2-9-5-3-4-6-10(9)7-8-11/h3-6,11H,2,7-8H2,1H3. The van der Waals surface area contributed by atoms with Gasteiger partial charge in [0.25, 0.3) is 0 Å². The zero-order valence-electron chi connectivity index (χ0n) is 6.93. The fraction of sp³-hybridized carbons (Fsp3) is 0.400. The molecule has 0 bridgehead atoms. The molecule has 59 valence electrons. The Balaban J connectivity index is 2.83. The summed E-state index contributed by atoms with van der Waals surface area (Å²) >= 11 is 0. The molecular formula is C10H14N. The number of aryl methyl sites for hydroxylation is 1. The molecule has 0 spiro atoms. The molecule has 0 atom stereocenters. The van der Waals surface area contributed by atoms with Crippen LogP contribution in [-0.4, -0.2) is 6.54 Å². The zero-order chi connectivity index (χ0) is 8.10. The van der Waals surface area contributed by atoms with Crippen molar-refractivity contribution < 1.29 is 0 Å². The molecule has 0 aliphatic carbocycles. The minimum Gasteiger partial charge on any atom is -0.258 e. The molecule has 1 nitrogen and oxygen atoms in total. The summed E-state index contributed by atoms with van der Waals surface area (Å²) in [6.07, 6.45) is 1.97. The van der Waals surface area contributed by atoms with Crippen LogP contribution >= 0.6 is 0 Å². The predicted molar refractivity (Wildman–Crippen MR) is 47.5 cm³/mol. The van der Waals surface area contributed by atoms with Crippen molar-refractivity contribution in [3.8, 4) is 0 Å². The van der Waals surface area contributed by atoms with Crippen LogP contribution < -0.4 is 5.73 Å². The van der Waals surface area contributed by atoms with Gasteiger partial charge in [-0.2, -0.15) is 0 Å². The molecule has 0 aromatic heterocycles.